The molecule has 0 saturated heterocycles. The van der Waals surface area contributed by atoms with E-state index in [2.05, 4.69) is 0 Å². The van der Waals surface area contributed by atoms with E-state index in [1.807, 2.05) is 31.1 Å². The van der Waals surface area contributed by atoms with Crippen LogP contribution >= 0.6 is 0 Å². The summed E-state index contributed by atoms with van der Waals surface area (Å²) in [5.41, 5.74) is 1.18. The van der Waals surface area contributed by atoms with Gasteiger partial charge < -0.3 is 29.5 Å². The number of methoxy groups -OCH3 is 2. The van der Waals surface area contributed by atoms with Gasteiger partial charge in [-0.15, -0.1) is 0 Å². The Morgan fingerprint density at radius 3 is 2.12 bits per heavy atom. The van der Waals surface area contributed by atoms with Crippen molar-refractivity contribution in [2.45, 2.75) is 18.5 Å². The molecule has 3 rings (SSSR count). The number of halogens is 3. The van der Waals surface area contributed by atoms with E-state index in [1.165, 1.54) is 19.2 Å². The Hall–Kier alpha value is -3.90. The van der Waals surface area contributed by atoms with Crippen molar-refractivity contribution >= 4 is 23.5 Å². The minimum atomic E-state index is -4.46. The summed E-state index contributed by atoms with van der Waals surface area (Å²) in [4.78, 5) is 36.3. The number of carbonyl (C=O) groups excluding carboxylic acids is 1. The Labute approximate surface area is 230 Å². The topological polar surface area (TPSA) is 117 Å². The summed E-state index contributed by atoms with van der Waals surface area (Å²) in [7, 11) is 6.88. The van der Waals surface area contributed by atoms with Crippen molar-refractivity contribution in [1.82, 2.24) is 4.90 Å². The molecule has 0 bridgehead atoms. The number of hydrogen-bond acceptors (Lipinski definition) is 6. The first-order chi connectivity index (χ1) is 18.8. The molecule has 1 amide bonds. The lowest BCUT2D eigenvalue weighted by Gasteiger charge is -2.29. The van der Waals surface area contributed by atoms with Crippen LogP contribution in [-0.4, -0.2) is 81.0 Å². The number of aliphatic carboxylic acids is 2. The number of carboxylic acids is 2. The molecule has 0 aromatic heterocycles. The van der Waals surface area contributed by atoms with Crippen LogP contribution in [0.2, 0.25) is 0 Å². The predicted octanol–water partition coefficient (Wildman–Crippen LogP) is 3.92. The molecule has 0 unspecified atom stereocenters. The molecule has 40 heavy (non-hydrogen) atoms. The van der Waals surface area contributed by atoms with Gasteiger partial charge in [0.05, 0.1) is 25.2 Å². The molecular formula is C28H33F3N2O7. The highest BCUT2D eigenvalue weighted by Crippen LogP contribution is 2.41. The summed E-state index contributed by atoms with van der Waals surface area (Å²) in [6, 6.07) is 11.0. The highest BCUT2D eigenvalue weighted by atomic mass is 19.4. The Bertz CT molecular complexity index is 1180. The van der Waals surface area contributed by atoms with Gasteiger partial charge in [0.2, 0.25) is 5.91 Å². The number of alkyl halides is 3. The molecule has 2 N–H and O–H groups in total. The number of hydrogen-bond donors (Lipinski definition) is 2. The maximum atomic E-state index is 13.7. The molecule has 0 radical (unpaired) electrons. The summed E-state index contributed by atoms with van der Waals surface area (Å²) in [5.74, 6) is -2.85. The Kier molecular flexibility index (Phi) is 11.7. The van der Waals surface area contributed by atoms with E-state index >= 15 is 0 Å². The highest BCUT2D eigenvalue weighted by molar-refractivity contribution is 5.97. The number of fused-ring (bicyclic) bond motifs is 1. The Morgan fingerprint density at radius 1 is 1.05 bits per heavy atom. The fourth-order valence-electron chi connectivity index (χ4n) is 4.30. The van der Waals surface area contributed by atoms with Crippen LogP contribution in [0.4, 0.5) is 18.9 Å². The molecule has 0 fully saturated rings. The molecule has 2 aromatic rings. The average Bonchev–Trinajstić information content (AvgIpc) is 3.00. The predicted molar refractivity (Wildman–Crippen MR) is 142 cm³/mol. The average molecular weight is 567 g/mol. The highest BCUT2D eigenvalue weighted by Gasteiger charge is 2.39. The van der Waals surface area contributed by atoms with Crippen molar-refractivity contribution < 1.29 is 47.2 Å². The quantitative estimate of drug-likeness (QED) is 0.439. The van der Waals surface area contributed by atoms with E-state index < -0.39 is 29.6 Å². The minimum Gasteiger partial charge on any atom is -0.497 e. The van der Waals surface area contributed by atoms with Crippen LogP contribution in [0.25, 0.3) is 0 Å². The fraction of sp³-hybridized carbons (Fsp3) is 0.393. The molecule has 1 aliphatic rings. The third-order valence-electron chi connectivity index (χ3n) is 6.24. The molecule has 0 spiro atoms. The second-order valence-electron chi connectivity index (χ2n) is 9.29. The molecule has 1 aliphatic heterocycles. The minimum absolute atomic E-state index is 0.145. The lowest BCUT2D eigenvalue weighted by atomic mass is 9.82. The van der Waals surface area contributed by atoms with Gasteiger partial charge in [0.15, 0.2) is 0 Å². The molecule has 9 nitrogen and oxygen atoms in total. The SMILES string of the molecule is COC[C@H]1C(=O)N(CCN(C)C)c2ccc(C(F)(F)F)cc2C[C@H]1c1ccc(OC)cc1.O=C(O)/C=C/C(=O)O. The number of anilines is 1. The van der Waals surface area contributed by atoms with Crippen LogP contribution in [0.15, 0.2) is 54.6 Å². The van der Waals surface area contributed by atoms with Crippen molar-refractivity contribution in [2.24, 2.45) is 5.92 Å². The third-order valence-corrected chi connectivity index (χ3v) is 6.24. The van der Waals surface area contributed by atoms with Crippen molar-refractivity contribution in [3.63, 3.8) is 0 Å². The first kappa shape index (κ1) is 32.3. The van der Waals surface area contributed by atoms with Gasteiger partial charge >= 0.3 is 18.1 Å². The Morgan fingerprint density at radius 2 is 1.65 bits per heavy atom. The van der Waals surface area contributed by atoms with Gasteiger partial charge in [0, 0.05) is 44.0 Å². The maximum absolute atomic E-state index is 13.7. The molecule has 1 heterocycles. The fourth-order valence-corrected chi connectivity index (χ4v) is 4.30. The normalized spacial score (nSPS) is 17.2. The largest absolute Gasteiger partial charge is 0.497 e. The molecule has 2 aromatic carbocycles. The van der Waals surface area contributed by atoms with Gasteiger partial charge in [0.1, 0.15) is 5.75 Å². The number of amides is 1. The van der Waals surface area contributed by atoms with Crippen LogP contribution in [0.5, 0.6) is 5.75 Å². The molecule has 0 saturated carbocycles. The van der Waals surface area contributed by atoms with E-state index in [0.717, 1.165) is 11.6 Å². The summed E-state index contributed by atoms with van der Waals surface area (Å²) in [6.07, 6.45) is -3.05. The molecule has 2 atom stereocenters. The van der Waals surface area contributed by atoms with Gasteiger partial charge in [-0.1, -0.05) is 12.1 Å². The van der Waals surface area contributed by atoms with Gasteiger partial charge in [0.25, 0.3) is 0 Å². The monoisotopic (exact) mass is 566 g/mol. The van der Waals surface area contributed by atoms with Crippen molar-refractivity contribution in [3.05, 3.63) is 71.3 Å². The number of ether oxygens (including phenoxy) is 2. The Balaban J connectivity index is 0.000000611. The van der Waals surface area contributed by atoms with E-state index in [-0.39, 0.29) is 18.4 Å². The summed E-state index contributed by atoms with van der Waals surface area (Å²) in [5, 5.41) is 15.6. The van der Waals surface area contributed by atoms with Crippen LogP contribution < -0.4 is 9.64 Å². The zero-order valence-corrected chi connectivity index (χ0v) is 22.6. The van der Waals surface area contributed by atoms with Crippen molar-refractivity contribution in [3.8, 4) is 5.75 Å². The molecule has 218 valence electrons. The van der Waals surface area contributed by atoms with E-state index in [0.29, 0.717) is 48.7 Å². The zero-order chi connectivity index (χ0) is 30.0. The summed E-state index contributed by atoms with van der Waals surface area (Å²) in [6.45, 7) is 1.13. The summed E-state index contributed by atoms with van der Waals surface area (Å²) < 4.78 is 51.0. The van der Waals surface area contributed by atoms with Gasteiger partial charge in [-0.05, 0) is 62.0 Å². The number of rotatable bonds is 9. The molecule has 12 heteroatoms. The van der Waals surface area contributed by atoms with E-state index in [1.54, 1.807) is 24.1 Å². The van der Waals surface area contributed by atoms with E-state index in [4.69, 9.17) is 19.7 Å². The number of carbonyl (C=O) groups is 3. The smallest absolute Gasteiger partial charge is 0.416 e. The summed E-state index contributed by atoms with van der Waals surface area (Å²) >= 11 is 0. The molecular weight excluding hydrogens is 533 g/mol. The molecule has 0 aliphatic carbocycles. The van der Waals surface area contributed by atoms with Crippen LogP contribution in [-0.2, 0) is 31.7 Å². The van der Waals surface area contributed by atoms with Gasteiger partial charge in [-0.25, -0.2) is 9.59 Å². The second kappa shape index (κ2) is 14.5. The lowest BCUT2D eigenvalue weighted by Crippen LogP contribution is -2.42. The zero-order valence-electron chi connectivity index (χ0n) is 22.6. The van der Waals surface area contributed by atoms with Crippen molar-refractivity contribution in [2.75, 3.05) is 52.9 Å². The number of benzene rings is 2. The third kappa shape index (κ3) is 9.09. The van der Waals surface area contributed by atoms with Crippen LogP contribution in [0.3, 0.4) is 0 Å². The van der Waals surface area contributed by atoms with Crippen molar-refractivity contribution in [1.29, 1.82) is 0 Å². The van der Waals surface area contributed by atoms with Gasteiger partial charge in [-0.2, -0.15) is 13.2 Å². The first-order valence-corrected chi connectivity index (χ1v) is 12.2. The van der Waals surface area contributed by atoms with E-state index in [9.17, 15) is 27.6 Å². The maximum Gasteiger partial charge on any atom is 0.416 e. The van der Waals surface area contributed by atoms with Crippen LogP contribution in [0.1, 0.15) is 22.6 Å². The number of likely N-dealkylation sites (N-methyl/N-ethyl adjacent to an activating group) is 1. The first-order valence-electron chi connectivity index (χ1n) is 12.2. The van der Waals surface area contributed by atoms with Crippen LogP contribution in [0, 0.1) is 5.92 Å². The second-order valence-corrected chi connectivity index (χ2v) is 9.29. The standard InChI is InChI=1S/C24H29F3N2O3.C4H4O4/c1-28(2)11-12-29-22-10-7-18(24(25,26)27)13-17(22)14-20(21(15-31-3)23(29)30)16-5-8-19(32-4)9-6-16;5-3(6)1-2-4(7)8/h5-10,13,20-21H,11-12,14-15H2,1-4H3;1-2H,(H,5,6)(H,7,8)/b;2-1+/t20-,21+;/m0./s1. The number of nitrogens with zero attached hydrogens (tertiary/aromatic N) is 2. The lowest BCUT2D eigenvalue weighted by molar-refractivity contribution is -0.137. The number of carboxylic acid groups (broad SMARTS) is 2. The van der Waals surface area contributed by atoms with Gasteiger partial charge in [-0.3, -0.25) is 4.79 Å².